The molecule has 3 nitrogen and oxygen atoms in total. The van der Waals surface area contributed by atoms with E-state index in [1.54, 1.807) is 13.3 Å². The van der Waals surface area contributed by atoms with Gasteiger partial charge in [-0.15, -0.1) is 6.42 Å². The van der Waals surface area contributed by atoms with Gasteiger partial charge in [-0.25, -0.2) is 4.98 Å². The minimum atomic E-state index is -0.440. The van der Waals surface area contributed by atoms with Crippen molar-refractivity contribution in [1.29, 1.82) is 0 Å². The van der Waals surface area contributed by atoms with Crippen LogP contribution in [0.2, 0.25) is 0 Å². The highest BCUT2D eigenvalue weighted by molar-refractivity contribution is 5.96. The Labute approximate surface area is 107 Å². The number of hydrogen-bond donors (Lipinski definition) is 1. The van der Waals surface area contributed by atoms with Crippen LogP contribution >= 0.6 is 0 Å². The zero-order valence-corrected chi connectivity index (χ0v) is 10.8. The van der Waals surface area contributed by atoms with Gasteiger partial charge in [0.25, 0.3) is 0 Å². The van der Waals surface area contributed by atoms with E-state index in [0.29, 0.717) is 0 Å². The van der Waals surface area contributed by atoms with Crippen LogP contribution in [0.1, 0.15) is 13.8 Å². The maximum atomic E-state index is 5.49. The molecule has 0 aliphatic carbocycles. The normalized spacial score (nSPS) is 11.0. The second-order valence-corrected chi connectivity index (χ2v) is 4.61. The Morgan fingerprint density at radius 2 is 2.06 bits per heavy atom. The van der Waals surface area contributed by atoms with E-state index in [4.69, 9.17) is 11.2 Å². The van der Waals surface area contributed by atoms with Gasteiger partial charge in [-0.3, -0.25) is 0 Å². The lowest BCUT2D eigenvalue weighted by molar-refractivity contribution is 0.420. The highest BCUT2D eigenvalue weighted by atomic mass is 16.5. The molecule has 18 heavy (non-hydrogen) atoms. The summed E-state index contributed by atoms with van der Waals surface area (Å²) >= 11 is 0. The second-order valence-electron chi connectivity index (χ2n) is 4.61. The molecule has 3 heteroatoms. The third kappa shape index (κ3) is 2.23. The first-order chi connectivity index (χ1) is 8.57. The van der Waals surface area contributed by atoms with Gasteiger partial charge in [0.1, 0.15) is 11.6 Å². The largest absolute Gasteiger partial charge is 0.496 e. The van der Waals surface area contributed by atoms with Gasteiger partial charge in [0, 0.05) is 17.0 Å². The third-order valence-corrected chi connectivity index (χ3v) is 2.78. The van der Waals surface area contributed by atoms with Crippen LogP contribution in [0.15, 0.2) is 30.5 Å². The fraction of sp³-hybridized carbons (Fsp3) is 0.267. The first-order valence-electron chi connectivity index (χ1n) is 5.75. The number of benzene rings is 1. The standard InChI is InChI=1S/C15H16N2O/c1-5-15(2,3)17-14-12-7-6-8-13(18-4)11(12)9-10-16-14/h1,6-10H,2-4H3,(H,16,17). The number of terminal acetylenes is 1. The lowest BCUT2D eigenvalue weighted by Gasteiger charge is -2.21. The molecule has 0 spiro atoms. The van der Waals surface area contributed by atoms with Crippen molar-refractivity contribution in [3.63, 3.8) is 0 Å². The van der Waals surface area contributed by atoms with E-state index in [1.807, 2.05) is 38.1 Å². The fourth-order valence-electron chi connectivity index (χ4n) is 1.79. The lowest BCUT2D eigenvalue weighted by Crippen LogP contribution is -2.29. The molecule has 0 radical (unpaired) electrons. The van der Waals surface area contributed by atoms with Gasteiger partial charge in [-0.2, -0.15) is 0 Å². The molecule has 1 aromatic carbocycles. The molecule has 2 aromatic rings. The van der Waals surface area contributed by atoms with Crippen LogP contribution in [0.5, 0.6) is 5.75 Å². The molecular formula is C15H16N2O. The quantitative estimate of drug-likeness (QED) is 0.837. The van der Waals surface area contributed by atoms with Crippen LogP contribution in [-0.2, 0) is 0 Å². The van der Waals surface area contributed by atoms with E-state index in [2.05, 4.69) is 16.2 Å². The van der Waals surface area contributed by atoms with Gasteiger partial charge in [0.15, 0.2) is 0 Å². The van der Waals surface area contributed by atoms with Crippen LogP contribution in [0, 0.1) is 12.3 Å². The number of ether oxygens (including phenoxy) is 1. The van der Waals surface area contributed by atoms with Crippen molar-refractivity contribution in [2.24, 2.45) is 0 Å². The SMILES string of the molecule is C#CC(C)(C)Nc1nccc2c(OC)cccc12. The summed E-state index contributed by atoms with van der Waals surface area (Å²) in [5.41, 5.74) is -0.440. The molecule has 1 heterocycles. The molecule has 0 aliphatic rings. The molecule has 0 aliphatic heterocycles. The number of nitrogens with one attached hydrogen (secondary N) is 1. The lowest BCUT2D eigenvalue weighted by atomic mass is 10.1. The van der Waals surface area contributed by atoms with Crippen molar-refractivity contribution in [3.05, 3.63) is 30.5 Å². The third-order valence-electron chi connectivity index (χ3n) is 2.78. The molecule has 0 fully saturated rings. The van der Waals surface area contributed by atoms with Crippen LogP contribution < -0.4 is 10.1 Å². The molecule has 0 atom stereocenters. The molecule has 0 saturated heterocycles. The van der Waals surface area contributed by atoms with Crippen molar-refractivity contribution >= 4 is 16.6 Å². The number of nitrogens with zero attached hydrogens (tertiary/aromatic N) is 1. The molecule has 0 unspecified atom stereocenters. The summed E-state index contributed by atoms with van der Waals surface area (Å²) in [6.07, 6.45) is 7.24. The van der Waals surface area contributed by atoms with Gasteiger partial charge in [-0.05, 0) is 26.0 Å². The predicted octanol–water partition coefficient (Wildman–Crippen LogP) is 3.07. The average molecular weight is 240 g/mol. The van der Waals surface area contributed by atoms with E-state index in [9.17, 15) is 0 Å². The van der Waals surface area contributed by atoms with E-state index in [1.165, 1.54) is 0 Å². The molecule has 1 aromatic heterocycles. The maximum Gasteiger partial charge on any atom is 0.135 e. The number of rotatable bonds is 3. The van der Waals surface area contributed by atoms with Gasteiger partial charge in [0.05, 0.1) is 12.6 Å². The minimum absolute atomic E-state index is 0.440. The van der Waals surface area contributed by atoms with Crippen LogP contribution in [0.3, 0.4) is 0 Å². The molecular weight excluding hydrogens is 224 g/mol. The summed E-state index contributed by atoms with van der Waals surface area (Å²) in [4.78, 5) is 4.35. The molecule has 0 amide bonds. The first kappa shape index (κ1) is 12.3. The van der Waals surface area contributed by atoms with Gasteiger partial charge in [-0.1, -0.05) is 18.1 Å². The fourth-order valence-corrected chi connectivity index (χ4v) is 1.79. The Morgan fingerprint density at radius 1 is 1.28 bits per heavy atom. The van der Waals surface area contributed by atoms with Crippen molar-refractivity contribution in [2.75, 3.05) is 12.4 Å². The van der Waals surface area contributed by atoms with Crippen LogP contribution in [0.25, 0.3) is 10.8 Å². The number of anilines is 1. The monoisotopic (exact) mass is 240 g/mol. The highest BCUT2D eigenvalue weighted by Crippen LogP contribution is 2.30. The summed E-state index contributed by atoms with van der Waals surface area (Å²) in [5.74, 6) is 4.30. The zero-order chi connectivity index (χ0) is 13.2. The predicted molar refractivity (Wildman–Crippen MR) is 74.8 cm³/mol. The Kier molecular flexibility index (Phi) is 3.12. The summed E-state index contributed by atoms with van der Waals surface area (Å²) in [5, 5.41) is 5.28. The molecule has 0 saturated carbocycles. The van der Waals surface area contributed by atoms with Crippen LogP contribution in [0.4, 0.5) is 5.82 Å². The van der Waals surface area contributed by atoms with E-state index in [0.717, 1.165) is 22.3 Å². The van der Waals surface area contributed by atoms with Crippen molar-refractivity contribution in [3.8, 4) is 18.1 Å². The summed E-state index contributed by atoms with van der Waals surface area (Å²) in [6, 6.07) is 7.80. The van der Waals surface area contributed by atoms with Crippen molar-refractivity contribution < 1.29 is 4.74 Å². The minimum Gasteiger partial charge on any atom is -0.496 e. The maximum absolute atomic E-state index is 5.49. The number of fused-ring (bicyclic) bond motifs is 1. The Morgan fingerprint density at radius 3 is 2.72 bits per heavy atom. The Hall–Kier alpha value is -2.21. The van der Waals surface area contributed by atoms with Crippen molar-refractivity contribution in [2.45, 2.75) is 19.4 Å². The smallest absolute Gasteiger partial charge is 0.135 e. The van der Waals surface area contributed by atoms with Gasteiger partial charge >= 0.3 is 0 Å². The summed E-state index contributed by atoms with van der Waals surface area (Å²) in [6.45, 7) is 3.88. The summed E-state index contributed by atoms with van der Waals surface area (Å²) in [7, 11) is 1.66. The summed E-state index contributed by atoms with van der Waals surface area (Å²) < 4.78 is 5.34. The number of hydrogen-bond acceptors (Lipinski definition) is 3. The molecule has 2 rings (SSSR count). The molecule has 92 valence electrons. The second kappa shape index (κ2) is 4.58. The highest BCUT2D eigenvalue weighted by Gasteiger charge is 2.16. The van der Waals surface area contributed by atoms with E-state index < -0.39 is 5.54 Å². The zero-order valence-electron chi connectivity index (χ0n) is 10.8. The topological polar surface area (TPSA) is 34.2 Å². The Bertz CT molecular complexity index is 611. The van der Waals surface area contributed by atoms with E-state index in [-0.39, 0.29) is 0 Å². The van der Waals surface area contributed by atoms with Gasteiger partial charge < -0.3 is 10.1 Å². The van der Waals surface area contributed by atoms with E-state index >= 15 is 0 Å². The number of aromatic nitrogens is 1. The number of methoxy groups -OCH3 is 1. The first-order valence-corrected chi connectivity index (χ1v) is 5.75. The van der Waals surface area contributed by atoms with Crippen LogP contribution in [-0.4, -0.2) is 17.6 Å². The van der Waals surface area contributed by atoms with Crippen molar-refractivity contribution in [1.82, 2.24) is 4.98 Å². The Balaban J connectivity index is 2.57. The molecule has 0 bridgehead atoms. The molecule has 1 N–H and O–H groups in total. The number of pyridine rings is 1. The average Bonchev–Trinajstić information content (AvgIpc) is 2.38. The van der Waals surface area contributed by atoms with Gasteiger partial charge in [0.2, 0.25) is 0 Å².